The molecule has 29 heavy (non-hydrogen) atoms. The lowest BCUT2D eigenvalue weighted by Crippen LogP contribution is -2.18. The zero-order chi connectivity index (χ0) is 20.1. The molecule has 1 aromatic heterocycles. The second-order valence-corrected chi connectivity index (χ2v) is 7.28. The average Bonchev–Trinajstić information content (AvgIpc) is 3.30. The summed E-state index contributed by atoms with van der Waals surface area (Å²) in [6.07, 6.45) is 2.48. The molecule has 1 unspecified atom stereocenters. The van der Waals surface area contributed by atoms with Gasteiger partial charge in [-0.3, -0.25) is 4.79 Å². The smallest absolute Gasteiger partial charge is 0.276 e. The molecular formula is C23H25N5O. The van der Waals surface area contributed by atoms with Crippen molar-refractivity contribution in [3.05, 3.63) is 78.0 Å². The van der Waals surface area contributed by atoms with Crippen molar-refractivity contribution in [1.82, 2.24) is 10.2 Å². The van der Waals surface area contributed by atoms with Crippen LogP contribution in [0.4, 0.5) is 17.2 Å². The molecule has 0 aliphatic carbocycles. The van der Waals surface area contributed by atoms with Crippen LogP contribution >= 0.6 is 0 Å². The molecule has 3 aromatic rings. The monoisotopic (exact) mass is 387 g/mol. The standard InChI is InChI=1S/C23H25N5O/c1-17(18-7-3-2-4-8-18)24-22-14-13-21(26-27-22)23(29)25-19-9-11-20(12-10-19)28-15-5-6-16-28/h2-4,7-14,17H,5-6,15-16H2,1H3,(H,24,27)(H,25,29). The Labute approximate surface area is 171 Å². The van der Waals surface area contributed by atoms with Gasteiger partial charge in [0.15, 0.2) is 5.69 Å². The SMILES string of the molecule is CC(Nc1ccc(C(=O)Nc2ccc(N3CCCC3)cc2)nn1)c1ccccc1. The first-order chi connectivity index (χ1) is 14.2. The van der Waals surface area contributed by atoms with Crippen molar-refractivity contribution < 1.29 is 4.79 Å². The molecule has 2 heterocycles. The molecule has 1 saturated heterocycles. The zero-order valence-corrected chi connectivity index (χ0v) is 16.5. The lowest BCUT2D eigenvalue weighted by molar-refractivity contribution is 0.102. The topological polar surface area (TPSA) is 70.2 Å². The van der Waals surface area contributed by atoms with Gasteiger partial charge in [-0.1, -0.05) is 30.3 Å². The number of hydrogen-bond acceptors (Lipinski definition) is 5. The van der Waals surface area contributed by atoms with Crippen molar-refractivity contribution in [3.63, 3.8) is 0 Å². The summed E-state index contributed by atoms with van der Waals surface area (Å²) in [6, 6.07) is 21.6. The lowest BCUT2D eigenvalue weighted by atomic mass is 10.1. The molecule has 0 saturated carbocycles. The third-order valence-electron chi connectivity index (χ3n) is 5.16. The Morgan fingerprint density at radius 1 is 0.931 bits per heavy atom. The third kappa shape index (κ3) is 4.71. The highest BCUT2D eigenvalue weighted by Gasteiger charge is 2.13. The number of benzene rings is 2. The number of amides is 1. The van der Waals surface area contributed by atoms with Crippen LogP contribution in [0.15, 0.2) is 66.7 Å². The minimum atomic E-state index is -0.269. The Hall–Kier alpha value is -3.41. The van der Waals surface area contributed by atoms with E-state index in [1.54, 1.807) is 12.1 Å². The van der Waals surface area contributed by atoms with Gasteiger partial charge >= 0.3 is 0 Å². The predicted molar refractivity (Wildman–Crippen MR) is 116 cm³/mol. The molecule has 6 heteroatoms. The van der Waals surface area contributed by atoms with Crippen LogP contribution in [0.1, 0.15) is 41.9 Å². The fraction of sp³-hybridized carbons (Fsp3) is 0.261. The molecule has 1 atom stereocenters. The van der Waals surface area contributed by atoms with Gasteiger partial charge in [0.2, 0.25) is 0 Å². The van der Waals surface area contributed by atoms with Crippen molar-refractivity contribution in [3.8, 4) is 0 Å². The van der Waals surface area contributed by atoms with E-state index in [1.165, 1.54) is 18.5 Å². The highest BCUT2D eigenvalue weighted by Crippen LogP contribution is 2.22. The summed E-state index contributed by atoms with van der Waals surface area (Å²) in [4.78, 5) is 14.8. The fourth-order valence-corrected chi connectivity index (χ4v) is 3.50. The van der Waals surface area contributed by atoms with Crippen LogP contribution in [0.3, 0.4) is 0 Å². The maximum Gasteiger partial charge on any atom is 0.276 e. The van der Waals surface area contributed by atoms with E-state index in [0.29, 0.717) is 5.82 Å². The number of carbonyl (C=O) groups excluding carboxylic acids is 1. The average molecular weight is 387 g/mol. The zero-order valence-electron chi connectivity index (χ0n) is 16.5. The second kappa shape index (κ2) is 8.73. The number of anilines is 3. The molecule has 1 aliphatic rings. The molecule has 1 fully saturated rings. The number of rotatable bonds is 6. The Morgan fingerprint density at radius 3 is 2.31 bits per heavy atom. The van der Waals surface area contributed by atoms with Gasteiger partial charge in [0.25, 0.3) is 5.91 Å². The molecule has 0 radical (unpaired) electrons. The summed E-state index contributed by atoms with van der Waals surface area (Å²) in [5, 5.41) is 14.4. The van der Waals surface area contributed by atoms with Gasteiger partial charge in [-0.2, -0.15) is 0 Å². The molecule has 2 aromatic carbocycles. The predicted octanol–water partition coefficient (Wildman–Crippen LogP) is 4.50. The number of hydrogen-bond donors (Lipinski definition) is 2. The highest BCUT2D eigenvalue weighted by atomic mass is 16.1. The summed E-state index contributed by atoms with van der Waals surface area (Å²) in [5.74, 6) is 0.363. The van der Waals surface area contributed by atoms with Crippen molar-refractivity contribution in [2.75, 3.05) is 28.6 Å². The van der Waals surface area contributed by atoms with Gasteiger partial charge in [0.05, 0.1) is 0 Å². The molecule has 0 spiro atoms. The first-order valence-corrected chi connectivity index (χ1v) is 10.0. The summed E-state index contributed by atoms with van der Waals surface area (Å²) in [7, 11) is 0. The molecular weight excluding hydrogens is 362 g/mol. The highest BCUT2D eigenvalue weighted by molar-refractivity contribution is 6.02. The Kier molecular flexibility index (Phi) is 5.70. The lowest BCUT2D eigenvalue weighted by Gasteiger charge is -2.17. The van der Waals surface area contributed by atoms with E-state index in [1.807, 2.05) is 42.5 Å². The van der Waals surface area contributed by atoms with E-state index >= 15 is 0 Å². The van der Waals surface area contributed by atoms with Crippen LogP contribution in [0, 0.1) is 0 Å². The van der Waals surface area contributed by atoms with Gasteiger partial charge in [-0.25, -0.2) is 0 Å². The van der Waals surface area contributed by atoms with Crippen LogP contribution in [0.2, 0.25) is 0 Å². The van der Waals surface area contributed by atoms with Crippen molar-refractivity contribution in [1.29, 1.82) is 0 Å². The largest absolute Gasteiger partial charge is 0.372 e. The Morgan fingerprint density at radius 2 is 1.66 bits per heavy atom. The van der Waals surface area contributed by atoms with E-state index in [4.69, 9.17) is 0 Å². The first kappa shape index (κ1) is 18.9. The number of nitrogens with zero attached hydrogens (tertiary/aromatic N) is 3. The van der Waals surface area contributed by atoms with Gasteiger partial charge in [-0.15, -0.1) is 10.2 Å². The maximum absolute atomic E-state index is 12.5. The van der Waals surface area contributed by atoms with Gasteiger partial charge < -0.3 is 15.5 Å². The number of carbonyl (C=O) groups is 1. The minimum absolute atomic E-state index is 0.0966. The van der Waals surface area contributed by atoms with E-state index in [0.717, 1.165) is 24.3 Å². The normalized spacial score (nSPS) is 14.4. The molecule has 4 rings (SSSR count). The van der Waals surface area contributed by atoms with Crippen LogP contribution in [-0.2, 0) is 0 Å². The molecule has 1 aliphatic heterocycles. The summed E-state index contributed by atoms with van der Waals surface area (Å²) < 4.78 is 0. The van der Waals surface area contributed by atoms with Crippen LogP contribution in [0.25, 0.3) is 0 Å². The van der Waals surface area contributed by atoms with Crippen LogP contribution in [0.5, 0.6) is 0 Å². The van der Waals surface area contributed by atoms with Crippen LogP contribution < -0.4 is 15.5 Å². The quantitative estimate of drug-likeness (QED) is 0.652. The fourth-order valence-electron chi connectivity index (χ4n) is 3.50. The molecule has 148 valence electrons. The van der Waals surface area contributed by atoms with E-state index in [9.17, 15) is 4.79 Å². The van der Waals surface area contributed by atoms with E-state index in [-0.39, 0.29) is 17.6 Å². The van der Waals surface area contributed by atoms with Crippen molar-refractivity contribution >= 4 is 23.1 Å². The van der Waals surface area contributed by atoms with Crippen molar-refractivity contribution in [2.24, 2.45) is 0 Å². The van der Waals surface area contributed by atoms with Gasteiger partial charge in [-0.05, 0) is 61.7 Å². The van der Waals surface area contributed by atoms with Gasteiger partial charge in [0, 0.05) is 30.5 Å². The summed E-state index contributed by atoms with van der Waals surface area (Å²) in [6.45, 7) is 4.26. The van der Waals surface area contributed by atoms with Crippen molar-refractivity contribution in [2.45, 2.75) is 25.8 Å². The molecule has 1 amide bonds. The summed E-state index contributed by atoms with van der Waals surface area (Å²) >= 11 is 0. The first-order valence-electron chi connectivity index (χ1n) is 10.0. The Bertz CT molecular complexity index is 935. The maximum atomic E-state index is 12.5. The molecule has 6 nitrogen and oxygen atoms in total. The second-order valence-electron chi connectivity index (χ2n) is 7.28. The number of nitrogens with one attached hydrogen (secondary N) is 2. The minimum Gasteiger partial charge on any atom is -0.372 e. The molecule has 0 bridgehead atoms. The van der Waals surface area contributed by atoms with E-state index in [2.05, 4.69) is 44.8 Å². The Balaban J connectivity index is 1.35. The van der Waals surface area contributed by atoms with E-state index < -0.39 is 0 Å². The number of aromatic nitrogens is 2. The third-order valence-corrected chi connectivity index (χ3v) is 5.16. The van der Waals surface area contributed by atoms with Gasteiger partial charge in [0.1, 0.15) is 5.82 Å². The molecule has 2 N–H and O–H groups in total. The summed E-state index contributed by atoms with van der Waals surface area (Å²) in [5.41, 5.74) is 3.39. The van der Waals surface area contributed by atoms with Crippen LogP contribution in [-0.4, -0.2) is 29.2 Å².